The van der Waals surface area contributed by atoms with Crippen LogP contribution in [0.5, 0.6) is 0 Å². The van der Waals surface area contributed by atoms with Crippen LogP contribution in [0, 0.1) is 0 Å². The van der Waals surface area contributed by atoms with Crippen molar-refractivity contribution in [3.8, 4) is 11.1 Å². The molecule has 0 bridgehead atoms. The van der Waals surface area contributed by atoms with Gasteiger partial charge >= 0.3 is 0 Å². The molecule has 1 heterocycles. The molecule has 1 aromatic heterocycles. The number of pyridine rings is 1. The van der Waals surface area contributed by atoms with Gasteiger partial charge < -0.3 is 0 Å². The lowest BCUT2D eigenvalue weighted by Crippen LogP contribution is -2.42. The summed E-state index contributed by atoms with van der Waals surface area (Å²) in [7, 11) is -3.91. The van der Waals surface area contributed by atoms with Crippen LogP contribution in [0.1, 0.15) is 6.42 Å². The van der Waals surface area contributed by atoms with E-state index in [1.54, 1.807) is 12.4 Å². The monoisotopic (exact) mass is 294 g/mol. The molecule has 1 aromatic carbocycles. The van der Waals surface area contributed by atoms with E-state index in [1.165, 1.54) is 4.73 Å². The van der Waals surface area contributed by atoms with Gasteiger partial charge in [-0.1, -0.05) is 30.3 Å². The average Bonchev–Trinajstić information content (AvgIpc) is 2.44. The van der Waals surface area contributed by atoms with E-state index in [0.717, 1.165) is 11.1 Å². The molecule has 20 heavy (non-hydrogen) atoms. The van der Waals surface area contributed by atoms with Crippen molar-refractivity contribution in [3.05, 3.63) is 54.9 Å². The molecular formula is C14H16NO4S+. The van der Waals surface area contributed by atoms with Crippen LogP contribution < -0.4 is 9.57 Å². The summed E-state index contributed by atoms with van der Waals surface area (Å²) < 4.78 is 31.2. The Labute approximate surface area is 118 Å². The third kappa shape index (κ3) is 4.64. The molecule has 106 valence electrons. The molecule has 0 saturated carbocycles. The zero-order valence-electron chi connectivity index (χ0n) is 10.8. The van der Waals surface area contributed by atoms with E-state index in [2.05, 4.69) is 0 Å². The van der Waals surface area contributed by atoms with Gasteiger partial charge in [-0.25, -0.2) is 0 Å². The van der Waals surface area contributed by atoms with Gasteiger partial charge in [0.1, 0.15) is 0 Å². The molecule has 0 aliphatic rings. The van der Waals surface area contributed by atoms with Gasteiger partial charge in [-0.2, -0.15) is 8.42 Å². The highest BCUT2D eigenvalue weighted by molar-refractivity contribution is 7.85. The topological polar surface area (TPSA) is 67.5 Å². The number of hydrogen-bond donors (Lipinski definition) is 1. The Balaban J connectivity index is 1.89. The van der Waals surface area contributed by atoms with Gasteiger partial charge in [0.05, 0.1) is 5.75 Å². The van der Waals surface area contributed by atoms with Crippen LogP contribution in [0.3, 0.4) is 0 Å². The maximum absolute atomic E-state index is 10.5. The highest BCUT2D eigenvalue weighted by Crippen LogP contribution is 2.16. The van der Waals surface area contributed by atoms with E-state index >= 15 is 0 Å². The van der Waals surface area contributed by atoms with E-state index in [1.807, 2.05) is 42.5 Å². The van der Waals surface area contributed by atoms with Crippen LogP contribution in [-0.2, 0) is 10.1 Å². The summed E-state index contributed by atoms with van der Waals surface area (Å²) in [5.41, 5.74) is 2.19. The molecule has 0 atom stereocenters. The molecule has 0 aliphatic heterocycles. The minimum Gasteiger partial charge on any atom is -0.286 e. The fraction of sp³-hybridized carbons (Fsp3) is 0.214. The van der Waals surface area contributed by atoms with Gasteiger partial charge in [0.25, 0.3) is 10.1 Å². The maximum atomic E-state index is 10.5. The van der Waals surface area contributed by atoms with E-state index in [4.69, 9.17) is 9.39 Å². The van der Waals surface area contributed by atoms with E-state index < -0.39 is 10.1 Å². The van der Waals surface area contributed by atoms with Gasteiger partial charge in [0.15, 0.2) is 6.61 Å². The van der Waals surface area contributed by atoms with E-state index in [-0.39, 0.29) is 18.8 Å². The average molecular weight is 294 g/mol. The normalized spacial score (nSPS) is 11.2. The molecule has 5 nitrogen and oxygen atoms in total. The Morgan fingerprint density at radius 2 is 1.60 bits per heavy atom. The Morgan fingerprint density at radius 3 is 2.20 bits per heavy atom. The molecule has 0 aliphatic carbocycles. The van der Waals surface area contributed by atoms with Crippen LogP contribution in [0.2, 0.25) is 0 Å². The fourth-order valence-electron chi connectivity index (χ4n) is 1.73. The molecule has 0 fully saturated rings. The van der Waals surface area contributed by atoms with Crippen molar-refractivity contribution in [2.75, 3.05) is 12.4 Å². The number of nitrogens with zero attached hydrogens (tertiary/aromatic N) is 1. The summed E-state index contributed by atoms with van der Waals surface area (Å²) in [4.78, 5) is 5.33. The summed E-state index contributed by atoms with van der Waals surface area (Å²) in [6.45, 7) is 0.217. The van der Waals surface area contributed by atoms with Crippen molar-refractivity contribution in [3.63, 3.8) is 0 Å². The Bertz CT molecular complexity index is 639. The van der Waals surface area contributed by atoms with Crippen LogP contribution in [-0.4, -0.2) is 25.3 Å². The molecular weight excluding hydrogens is 278 g/mol. The molecule has 0 amide bonds. The molecule has 0 spiro atoms. The van der Waals surface area contributed by atoms with Crippen LogP contribution in [0.15, 0.2) is 54.9 Å². The fourth-order valence-corrected chi connectivity index (χ4v) is 2.22. The summed E-state index contributed by atoms with van der Waals surface area (Å²) in [5.74, 6) is -0.296. The first kappa shape index (κ1) is 14.5. The van der Waals surface area contributed by atoms with Crippen molar-refractivity contribution in [2.24, 2.45) is 0 Å². The standard InChI is InChI=1S/C14H15NO4S/c16-20(17,18)12-4-11-19-15-9-7-14(8-10-15)13-5-2-1-3-6-13/h1-3,5-10H,4,11-12H2/p+1. The van der Waals surface area contributed by atoms with Crippen molar-refractivity contribution in [1.29, 1.82) is 0 Å². The quantitative estimate of drug-likeness (QED) is 0.496. The lowest BCUT2D eigenvalue weighted by molar-refractivity contribution is -0.891. The summed E-state index contributed by atoms with van der Waals surface area (Å²) >= 11 is 0. The second kappa shape index (κ2) is 6.49. The van der Waals surface area contributed by atoms with Crippen molar-refractivity contribution in [1.82, 2.24) is 0 Å². The largest absolute Gasteiger partial charge is 0.286 e. The molecule has 6 heteroatoms. The lowest BCUT2D eigenvalue weighted by Gasteiger charge is -2.01. The Kier molecular flexibility index (Phi) is 4.70. The highest BCUT2D eigenvalue weighted by atomic mass is 32.2. The molecule has 0 saturated heterocycles. The number of hydrogen-bond acceptors (Lipinski definition) is 3. The number of aromatic nitrogens is 1. The molecule has 1 N–H and O–H groups in total. The minimum atomic E-state index is -3.91. The van der Waals surface area contributed by atoms with Gasteiger partial charge in [-0.05, 0) is 11.1 Å². The first-order valence-corrected chi connectivity index (χ1v) is 7.81. The van der Waals surface area contributed by atoms with Crippen LogP contribution >= 0.6 is 0 Å². The summed E-state index contributed by atoms with van der Waals surface area (Å²) in [5, 5.41) is 0. The lowest BCUT2D eigenvalue weighted by atomic mass is 10.1. The smallest absolute Gasteiger partial charge is 0.264 e. The van der Waals surface area contributed by atoms with Gasteiger partial charge in [0.2, 0.25) is 12.4 Å². The Hall–Kier alpha value is -1.92. The first-order valence-electron chi connectivity index (χ1n) is 6.20. The van der Waals surface area contributed by atoms with Crippen LogP contribution in [0.4, 0.5) is 0 Å². The number of rotatable bonds is 6. The van der Waals surface area contributed by atoms with Crippen molar-refractivity contribution < 1.29 is 22.5 Å². The number of benzene rings is 1. The van der Waals surface area contributed by atoms with E-state index in [9.17, 15) is 8.42 Å². The summed E-state index contributed by atoms with van der Waals surface area (Å²) in [6, 6.07) is 13.8. The summed E-state index contributed by atoms with van der Waals surface area (Å²) in [6.07, 6.45) is 3.76. The third-order valence-corrected chi connectivity index (χ3v) is 3.50. The first-order chi connectivity index (χ1) is 9.54. The molecule has 0 unspecified atom stereocenters. The molecule has 2 aromatic rings. The predicted molar refractivity (Wildman–Crippen MR) is 74.6 cm³/mol. The third-order valence-electron chi connectivity index (χ3n) is 2.70. The van der Waals surface area contributed by atoms with Crippen LogP contribution in [0.25, 0.3) is 11.1 Å². The second-order valence-electron chi connectivity index (χ2n) is 4.29. The van der Waals surface area contributed by atoms with Crippen molar-refractivity contribution in [2.45, 2.75) is 6.42 Å². The second-order valence-corrected chi connectivity index (χ2v) is 5.86. The molecule has 0 radical (unpaired) electrons. The maximum Gasteiger partial charge on any atom is 0.264 e. The van der Waals surface area contributed by atoms with Crippen molar-refractivity contribution >= 4 is 10.1 Å². The van der Waals surface area contributed by atoms with E-state index in [0.29, 0.717) is 0 Å². The predicted octanol–water partition coefficient (Wildman–Crippen LogP) is 1.35. The SMILES string of the molecule is O=S(=O)(O)CCCO[n+]1ccc(-c2ccccc2)cc1. The van der Waals surface area contributed by atoms with Gasteiger partial charge in [-0.15, -0.1) is 0 Å². The zero-order valence-corrected chi connectivity index (χ0v) is 11.7. The van der Waals surface area contributed by atoms with Gasteiger partial charge in [0, 0.05) is 23.3 Å². The van der Waals surface area contributed by atoms with Gasteiger partial charge in [-0.3, -0.25) is 9.39 Å². The highest BCUT2D eigenvalue weighted by Gasteiger charge is 2.07. The minimum absolute atomic E-state index is 0.217. The molecule has 2 rings (SSSR count). The Morgan fingerprint density at radius 1 is 1.00 bits per heavy atom. The zero-order chi connectivity index (χ0) is 14.4.